The van der Waals surface area contributed by atoms with E-state index in [9.17, 15) is 14.2 Å². The van der Waals surface area contributed by atoms with Gasteiger partial charge in [0.2, 0.25) is 0 Å². The second-order valence-electron chi connectivity index (χ2n) is 8.34. The van der Waals surface area contributed by atoms with Gasteiger partial charge in [-0.05, 0) is 33.2 Å². The minimum absolute atomic E-state index is 0.249. The van der Waals surface area contributed by atoms with E-state index in [2.05, 4.69) is 15.3 Å². The molecule has 0 saturated carbocycles. The molecule has 0 aromatic carbocycles. The van der Waals surface area contributed by atoms with Crippen LogP contribution in [0.5, 0.6) is 11.5 Å². The third-order valence-corrected chi connectivity index (χ3v) is 9.10. The fourth-order valence-electron chi connectivity index (χ4n) is 3.62. The predicted octanol–water partition coefficient (Wildman–Crippen LogP) is 4.01. The van der Waals surface area contributed by atoms with Crippen LogP contribution in [-0.2, 0) is 11.6 Å². The molecule has 172 valence electrons. The van der Waals surface area contributed by atoms with Crippen LogP contribution in [0.25, 0.3) is 21.3 Å². The van der Waals surface area contributed by atoms with Crippen LogP contribution in [0.4, 0.5) is 0 Å². The van der Waals surface area contributed by atoms with Gasteiger partial charge in [0, 0.05) is 60.8 Å². The van der Waals surface area contributed by atoms with Gasteiger partial charge in [0.25, 0.3) is 11.5 Å². The lowest BCUT2D eigenvalue weighted by atomic mass is 10.1. The Kier molecular flexibility index (Phi) is 5.80. The van der Waals surface area contributed by atoms with Gasteiger partial charge in [-0.1, -0.05) is 0 Å². The fourth-order valence-corrected chi connectivity index (χ4v) is 6.05. The molecule has 4 rings (SSSR count). The van der Waals surface area contributed by atoms with Gasteiger partial charge in [0.1, 0.15) is 29.9 Å². The molecular weight excluding hydrogens is 459 g/mol. The standard InChI is InChI=1S/C23H25N4O4PS/c1-12-9-25-10-13(2)20(12)31-17-8-18(32(5,6)30)33-21(17)15-11-27(4)23(29)19-14(15)7-16(26-19)22(28)24-3/h7-11,26H,1-6H3,(H,24,28). The fraction of sp³-hybridized carbons (Fsp3) is 0.261. The number of aromatic nitrogens is 3. The number of thiophene rings is 1. The molecule has 4 heterocycles. The Labute approximate surface area is 195 Å². The molecule has 0 aliphatic heterocycles. The topological polar surface area (TPSA) is 106 Å². The highest BCUT2D eigenvalue weighted by Crippen LogP contribution is 2.47. The van der Waals surface area contributed by atoms with Gasteiger partial charge in [-0.25, -0.2) is 0 Å². The number of rotatable bonds is 5. The Bertz CT molecular complexity index is 1490. The third kappa shape index (κ3) is 4.14. The van der Waals surface area contributed by atoms with E-state index in [1.165, 1.54) is 23.0 Å². The van der Waals surface area contributed by atoms with Crippen molar-refractivity contribution in [1.29, 1.82) is 0 Å². The van der Waals surface area contributed by atoms with E-state index < -0.39 is 7.14 Å². The highest BCUT2D eigenvalue weighted by Gasteiger charge is 2.24. The van der Waals surface area contributed by atoms with Gasteiger partial charge < -0.3 is 24.2 Å². The highest BCUT2D eigenvalue weighted by atomic mass is 32.1. The van der Waals surface area contributed by atoms with Gasteiger partial charge in [-0.3, -0.25) is 14.6 Å². The van der Waals surface area contributed by atoms with Gasteiger partial charge in [0.15, 0.2) is 0 Å². The SMILES string of the molecule is CNC(=O)c1cc2c(-c3sc(P(C)(C)=O)cc3Oc3c(C)cncc3C)cn(C)c(=O)c2[nH]1. The number of aromatic amines is 1. The summed E-state index contributed by atoms with van der Waals surface area (Å²) in [5, 5.41) is 3.17. The zero-order chi connectivity index (χ0) is 24.1. The molecule has 1 amide bonds. The average Bonchev–Trinajstić information content (AvgIpc) is 3.38. The predicted molar refractivity (Wildman–Crippen MR) is 133 cm³/mol. The molecule has 0 aliphatic carbocycles. The zero-order valence-electron chi connectivity index (χ0n) is 19.3. The molecule has 0 saturated heterocycles. The zero-order valence-corrected chi connectivity index (χ0v) is 21.0. The van der Waals surface area contributed by atoms with Gasteiger partial charge in [0.05, 0.1) is 9.50 Å². The number of ether oxygens (including phenoxy) is 1. The molecule has 0 unspecified atom stereocenters. The van der Waals surface area contributed by atoms with Crippen molar-refractivity contribution < 1.29 is 14.1 Å². The van der Waals surface area contributed by atoms with Crippen LogP contribution < -0.4 is 20.2 Å². The molecule has 0 spiro atoms. The van der Waals surface area contributed by atoms with Crippen LogP contribution in [0.15, 0.2) is 35.5 Å². The number of hydrogen-bond donors (Lipinski definition) is 2. The second-order valence-corrected chi connectivity index (χ2v) is 12.9. The monoisotopic (exact) mass is 484 g/mol. The molecule has 33 heavy (non-hydrogen) atoms. The van der Waals surface area contributed by atoms with E-state index in [0.717, 1.165) is 16.0 Å². The van der Waals surface area contributed by atoms with Crippen LogP contribution >= 0.6 is 18.5 Å². The molecule has 0 atom stereocenters. The van der Waals surface area contributed by atoms with Crippen molar-refractivity contribution in [3.05, 3.63) is 57.9 Å². The van der Waals surface area contributed by atoms with Gasteiger partial charge >= 0.3 is 0 Å². The van der Waals surface area contributed by atoms with Crippen molar-refractivity contribution in [3.8, 4) is 21.9 Å². The van der Waals surface area contributed by atoms with Crippen molar-refractivity contribution in [2.45, 2.75) is 13.8 Å². The number of pyridine rings is 2. The van der Waals surface area contributed by atoms with Crippen LogP contribution in [0.3, 0.4) is 0 Å². The van der Waals surface area contributed by atoms with Crippen molar-refractivity contribution in [2.75, 3.05) is 20.4 Å². The summed E-state index contributed by atoms with van der Waals surface area (Å²) < 4.78 is 21.5. The first kappa shape index (κ1) is 23.0. The van der Waals surface area contributed by atoms with Crippen molar-refractivity contribution in [2.24, 2.45) is 7.05 Å². The molecular formula is C23H25N4O4PS. The number of hydrogen-bond acceptors (Lipinski definition) is 6. The van der Waals surface area contributed by atoms with Gasteiger partial charge in [-0.15, -0.1) is 11.3 Å². The summed E-state index contributed by atoms with van der Waals surface area (Å²) in [6, 6.07) is 3.47. The van der Waals surface area contributed by atoms with E-state index in [4.69, 9.17) is 4.74 Å². The van der Waals surface area contributed by atoms with E-state index >= 15 is 0 Å². The lowest BCUT2D eigenvalue weighted by Crippen LogP contribution is -2.19. The first-order valence-corrected chi connectivity index (χ1v) is 13.7. The molecule has 8 nitrogen and oxygen atoms in total. The summed E-state index contributed by atoms with van der Waals surface area (Å²) in [7, 11) is 0.602. The van der Waals surface area contributed by atoms with E-state index in [-0.39, 0.29) is 17.2 Å². The van der Waals surface area contributed by atoms with Crippen LogP contribution in [0, 0.1) is 13.8 Å². The summed E-state index contributed by atoms with van der Waals surface area (Å²) >= 11 is 1.37. The van der Waals surface area contributed by atoms with Crippen LogP contribution in [0.1, 0.15) is 21.6 Å². The summed E-state index contributed by atoms with van der Waals surface area (Å²) in [6.07, 6.45) is 5.18. The highest BCUT2D eigenvalue weighted by molar-refractivity contribution is 7.75. The van der Waals surface area contributed by atoms with Crippen molar-refractivity contribution in [3.63, 3.8) is 0 Å². The average molecular weight is 485 g/mol. The number of fused-ring (bicyclic) bond motifs is 1. The first-order chi connectivity index (χ1) is 15.5. The van der Waals surface area contributed by atoms with Crippen molar-refractivity contribution >= 4 is 39.9 Å². The number of carbonyl (C=O) groups is 1. The minimum atomic E-state index is -2.58. The summed E-state index contributed by atoms with van der Waals surface area (Å²) in [4.78, 5) is 32.9. The Morgan fingerprint density at radius 3 is 2.48 bits per heavy atom. The number of nitrogens with one attached hydrogen (secondary N) is 2. The Balaban J connectivity index is 2.00. The lowest BCUT2D eigenvalue weighted by Gasteiger charge is -2.12. The molecule has 0 fully saturated rings. The molecule has 10 heteroatoms. The van der Waals surface area contributed by atoms with Crippen LogP contribution in [-0.4, -0.2) is 40.8 Å². The summed E-state index contributed by atoms with van der Waals surface area (Å²) in [6.45, 7) is 7.26. The molecule has 4 aromatic heterocycles. The maximum atomic E-state index is 12.9. The largest absolute Gasteiger partial charge is 0.455 e. The number of H-pyrrole nitrogens is 1. The maximum Gasteiger partial charge on any atom is 0.274 e. The van der Waals surface area contributed by atoms with Crippen molar-refractivity contribution in [1.82, 2.24) is 19.9 Å². The number of carbonyl (C=O) groups excluding carboxylic acids is 1. The van der Waals surface area contributed by atoms with Gasteiger partial charge in [-0.2, -0.15) is 0 Å². The molecule has 2 N–H and O–H groups in total. The number of amides is 1. The Hall–Kier alpha value is -3.16. The van der Waals surface area contributed by atoms with E-state index in [0.29, 0.717) is 32.6 Å². The quantitative estimate of drug-likeness (QED) is 0.417. The molecule has 0 aliphatic rings. The maximum absolute atomic E-state index is 12.9. The first-order valence-electron chi connectivity index (χ1n) is 10.2. The van der Waals surface area contributed by atoms with Crippen LogP contribution in [0.2, 0.25) is 0 Å². The molecule has 0 bridgehead atoms. The third-order valence-electron chi connectivity index (χ3n) is 5.36. The smallest absolute Gasteiger partial charge is 0.274 e. The normalized spacial score (nSPS) is 11.7. The minimum Gasteiger partial charge on any atom is -0.455 e. The summed E-state index contributed by atoms with van der Waals surface area (Å²) in [5.41, 5.74) is 2.82. The lowest BCUT2D eigenvalue weighted by molar-refractivity contribution is 0.0959. The summed E-state index contributed by atoms with van der Waals surface area (Å²) in [5.74, 6) is 0.898. The molecule has 0 radical (unpaired) electrons. The number of nitrogens with zero attached hydrogens (tertiary/aromatic N) is 2. The van der Waals surface area contributed by atoms with E-state index in [1.54, 1.807) is 45.0 Å². The second kappa shape index (κ2) is 8.32. The Morgan fingerprint density at radius 1 is 1.21 bits per heavy atom. The number of aryl methyl sites for hydroxylation is 3. The molecule has 4 aromatic rings. The van der Waals surface area contributed by atoms with E-state index in [1.807, 2.05) is 19.9 Å². The Morgan fingerprint density at radius 2 is 1.88 bits per heavy atom.